The average molecular weight is 1040 g/mol. The fourth-order valence-corrected chi connectivity index (χ4v) is 13.2. The molecule has 4 aliphatic heterocycles. The SMILES string of the molecule is CCc1cc(Nc2ncc(Br)c(Nc3cnc4ccccc4c3P(C)(C)=O)n2)c(OC)cc1N1CCC(N2CCN(C(=O)C3CC4(C3)CN(c3cc(F)c(C5CCC(=O)NC5=O)c(F)c3)C4)CC2)CC1. The molecule has 6 heterocycles. The summed E-state index contributed by atoms with van der Waals surface area (Å²) in [4.78, 5) is 60.5. The van der Waals surface area contributed by atoms with Gasteiger partial charge in [0.2, 0.25) is 23.7 Å². The average Bonchev–Trinajstić information content (AvgIpc) is 3.31. The van der Waals surface area contributed by atoms with Gasteiger partial charge in [0, 0.05) is 116 Å². The van der Waals surface area contributed by atoms with Crippen LogP contribution in [0, 0.1) is 23.0 Å². The maximum absolute atomic E-state index is 15.2. The highest BCUT2D eigenvalue weighted by Crippen LogP contribution is 2.54. The van der Waals surface area contributed by atoms with Crippen LogP contribution in [0.1, 0.15) is 62.5 Å². The molecule has 1 aliphatic carbocycles. The van der Waals surface area contributed by atoms with Crippen molar-refractivity contribution in [3.05, 3.63) is 88.2 Å². The number of piperazine rings is 1. The first-order valence-corrected chi connectivity index (χ1v) is 27.6. The second-order valence-electron chi connectivity index (χ2n) is 19.9. The molecule has 2 aromatic heterocycles. The number of imide groups is 1. The normalized spacial score (nSPS) is 20.0. The third-order valence-corrected chi connectivity index (χ3v) is 17.2. The van der Waals surface area contributed by atoms with E-state index in [1.807, 2.05) is 34.1 Å². The fraction of sp³-hybridized carbons (Fsp3) is 0.451. The molecule has 5 fully saturated rings. The number of carbonyl (C=O) groups is 3. The van der Waals surface area contributed by atoms with Crippen LogP contribution in [0.4, 0.5) is 43.3 Å². The van der Waals surface area contributed by atoms with E-state index in [1.54, 1.807) is 32.8 Å². The Bertz CT molecular complexity index is 2900. The van der Waals surface area contributed by atoms with Crippen molar-refractivity contribution < 1.29 is 32.5 Å². The van der Waals surface area contributed by atoms with Crippen LogP contribution < -0.4 is 35.8 Å². The van der Waals surface area contributed by atoms with Gasteiger partial charge in [0.05, 0.1) is 40.6 Å². The van der Waals surface area contributed by atoms with Gasteiger partial charge < -0.3 is 34.6 Å². The van der Waals surface area contributed by atoms with E-state index in [-0.39, 0.29) is 35.6 Å². The monoisotopic (exact) mass is 1040 g/mol. The first kappa shape index (κ1) is 47.9. The number of fused-ring (bicyclic) bond motifs is 1. The minimum atomic E-state index is -2.73. The van der Waals surface area contributed by atoms with Gasteiger partial charge in [-0.05, 0) is 97.6 Å². The van der Waals surface area contributed by atoms with E-state index in [9.17, 15) is 18.9 Å². The van der Waals surface area contributed by atoms with Crippen LogP contribution in [0.3, 0.4) is 0 Å². The zero-order valence-corrected chi connectivity index (χ0v) is 42.3. The van der Waals surface area contributed by atoms with Gasteiger partial charge in [-0.1, -0.05) is 25.1 Å². The molecule has 1 saturated carbocycles. The Balaban J connectivity index is 0.711. The van der Waals surface area contributed by atoms with Gasteiger partial charge in [-0.2, -0.15) is 4.98 Å². The molecule has 70 heavy (non-hydrogen) atoms. The Morgan fingerprint density at radius 1 is 0.914 bits per heavy atom. The molecule has 10 rings (SSSR count). The number of aromatic nitrogens is 3. The lowest BCUT2D eigenvalue weighted by Crippen LogP contribution is -2.65. The molecule has 368 valence electrons. The third kappa shape index (κ3) is 9.34. The number of hydrogen-bond acceptors (Lipinski definition) is 13. The van der Waals surface area contributed by atoms with Crippen LogP contribution in [-0.4, -0.2) is 121 Å². The van der Waals surface area contributed by atoms with E-state index in [2.05, 4.69) is 70.7 Å². The molecule has 4 saturated heterocycles. The summed E-state index contributed by atoms with van der Waals surface area (Å²) in [7, 11) is -1.07. The predicted octanol–water partition coefficient (Wildman–Crippen LogP) is 7.92. The van der Waals surface area contributed by atoms with Crippen molar-refractivity contribution in [1.29, 1.82) is 0 Å². The van der Waals surface area contributed by atoms with Gasteiger partial charge in [0.15, 0.2) is 0 Å². The lowest BCUT2D eigenvalue weighted by atomic mass is 9.57. The summed E-state index contributed by atoms with van der Waals surface area (Å²) in [6.45, 7) is 11.8. The number of ether oxygens (including phenoxy) is 1. The fourth-order valence-electron chi connectivity index (χ4n) is 11.5. The van der Waals surface area contributed by atoms with E-state index in [0.29, 0.717) is 70.9 Å². The number of carbonyl (C=O) groups excluding carboxylic acids is 3. The van der Waals surface area contributed by atoms with Gasteiger partial charge >= 0.3 is 0 Å². The quantitative estimate of drug-likeness (QED) is 0.0816. The summed E-state index contributed by atoms with van der Waals surface area (Å²) in [6.07, 6.45) is 7.87. The first-order valence-electron chi connectivity index (χ1n) is 24.2. The number of amides is 3. The molecular formula is C51H58BrF2N10O5P. The molecule has 3 amide bonds. The number of halogens is 3. The second kappa shape index (κ2) is 19.1. The number of anilines is 6. The molecule has 3 N–H and O–H groups in total. The number of piperidine rings is 2. The summed E-state index contributed by atoms with van der Waals surface area (Å²) >= 11 is 3.60. The van der Waals surface area contributed by atoms with E-state index >= 15 is 8.78 Å². The number of methoxy groups -OCH3 is 1. The van der Waals surface area contributed by atoms with E-state index < -0.39 is 36.5 Å². The van der Waals surface area contributed by atoms with Crippen molar-refractivity contribution in [2.45, 2.75) is 63.8 Å². The highest BCUT2D eigenvalue weighted by atomic mass is 79.9. The maximum atomic E-state index is 15.2. The van der Waals surface area contributed by atoms with Gasteiger partial charge in [0.1, 0.15) is 30.3 Å². The Morgan fingerprint density at radius 3 is 2.30 bits per heavy atom. The zero-order valence-electron chi connectivity index (χ0n) is 39.9. The van der Waals surface area contributed by atoms with Crippen LogP contribution in [0.5, 0.6) is 5.75 Å². The molecule has 5 aromatic rings. The van der Waals surface area contributed by atoms with Crippen molar-refractivity contribution in [1.82, 2.24) is 30.1 Å². The number of aryl methyl sites for hydroxylation is 1. The Hall–Kier alpha value is -5.71. The molecule has 19 heteroatoms. The summed E-state index contributed by atoms with van der Waals surface area (Å²) in [6, 6.07) is 14.9. The van der Waals surface area contributed by atoms with Crippen LogP contribution in [-0.2, 0) is 25.4 Å². The molecule has 1 atom stereocenters. The summed E-state index contributed by atoms with van der Waals surface area (Å²) in [5.41, 5.74) is 4.57. The molecule has 1 spiro atoms. The number of nitrogens with one attached hydrogen (secondary N) is 3. The summed E-state index contributed by atoms with van der Waals surface area (Å²) in [5.74, 6) is -1.97. The topological polar surface area (TPSA) is 165 Å². The van der Waals surface area contributed by atoms with E-state index in [4.69, 9.17) is 9.72 Å². The second-order valence-corrected chi connectivity index (χ2v) is 23.9. The molecule has 0 radical (unpaired) electrons. The number of rotatable bonds is 12. The minimum absolute atomic E-state index is 0.0270. The maximum Gasteiger partial charge on any atom is 0.234 e. The largest absolute Gasteiger partial charge is 0.494 e. The van der Waals surface area contributed by atoms with Gasteiger partial charge in [-0.3, -0.25) is 29.6 Å². The Kier molecular flexibility index (Phi) is 13.1. The van der Waals surface area contributed by atoms with Crippen LogP contribution >= 0.6 is 23.1 Å². The van der Waals surface area contributed by atoms with Gasteiger partial charge in [0.25, 0.3) is 0 Å². The molecular weight excluding hydrogens is 981 g/mol. The number of pyridine rings is 1. The first-order chi connectivity index (χ1) is 33.6. The van der Waals surface area contributed by atoms with Crippen molar-refractivity contribution in [3.8, 4) is 5.75 Å². The third-order valence-electron chi connectivity index (χ3n) is 15.0. The summed E-state index contributed by atoms with van der Waals surface area (Å²) < 4.78 is 50.6. The summed E-state index contributed by atoms with van der Waals surface area (Å²) in [5, 5.41) is 10.5. The van der Waals surface area contributed by atoms with Crippen molar-refractivity contribution in [3.63, 3.8) is 0 Å². The number of benzene rings is 3. The Morgan fingerprint density at radius 2 is 1.63 bits per heavy atom. The number of nitrogens with zero attached hydrogens (tertiary/aromatic N) is 7. The van der Waals surface area contributed by atoms with Crippen LogP contribution in [0.15, 0.2) is 65.4 Å². The lowest BCUT2D eigenvalue weighted by molar-refractivity contribution is -0.147. The Labute approximate surface area is 414 Å². The highest BCUT2D eigenvalue weighted by molar-refractivity contribution is 9.10. The molecule has 3 aromatic carbocycles. The zero-order chi connectivity index (χ0) is 49.1. The standard InChI is InChI=1S/C51H58BrF2N10O5P/c1-5-30-20-40(58-50-56-26-36(52)47(60-50)57-41-27-55-39-9-7-6-8-34(39)46(41)70(3,4)68)43(69-2)23-42(30)62-14-12-32(13-15-62)61-16-18-63(19-17-61)49(67)31-24-51(25-31)28-64(29-51)33-21-37(53)45(38(54)22-33)35-10-11-44(65)59-48(35)66/h6-9,20-23,26-27,31-32,35H,5,10-19,24-25,28-29H2,1-4H3,(H,59,65,66)(H2,56,57,58,60). The van der Waals surface area contributed by atoms with Crippen molar-refractivity contribution in [2.24, 2.45) is 11.3 Å². The number of para-hydroxylation sites is 1. The van der Waals surface area contributed by atoms with Gasteiger partial charge in [-0.15, -0.1) is 0 Å². The molecule has 15 nitrogen and oxygen atoms in total. The van der Waals surface area contributed by atoms with Crippen LogP contribution in [0.25, 0.3) is 10.9 Å². The van der Waals surface area contributed by atoms with Crippen molar-refractivity contribution >= 4 is 91.5 Å². The van der Waals surface area contributed by atoms with E-state index in [0.717, 1.165) is 80.6 Å². The van der Waals surface area contributed by atoms with Gasteiger partial charge in [-0.25, -0.2) is 13.8 Å². The predicted molar refractivity (Wildman–Crippen MR) is 272 cm³/mol. The number of hydrogen-bond donors (Lipinski definition) is 3. The smallest absolute Gasteiger partial charge is 0.234 e. The lowest BCUT2D eigenvalue weighted by Gasteiger charge is -2.60. The molecule has 0 bridgehead atoms. The highest BCUT2D eigenvalue weighted by Gasteiger charge is 2.55. The molecule has 5 aliphatic rings. The van der Waals surface area contributed by atoms with Crippen molar-refractivity contribution in [2.75, 3.05) is 93.2 Å². The minimum Gasteiger partial charge on any atom is -0.494 e. The van der Waals surface area contributed by atoms with E-state index in [1.165, 1.54) is 17.7 Å². The van der Waals surface area contributed by atoms with Crippen LogP contribution in [0.2, 0.25) is 0 Å². The molecule has 1 unspecified atom stereocenters.